The minimum Gasteiger partial charge on any atom is -0.399 e. The van der Waals surface area contributed by atoms with Gasteiger partial charge in [0.2, 0.25) is 0 Å². The number of urea groups is 1. The monoisotopic (exact) mass is 364 g/mol. The number of amides is 2. The lowest BCUT2D eigenvalue weighted by Crippen LogP contribution is -2.24. The van der Waals surface area contributed by atoms with Crippen LogP contribution in [0.3, 0.4) is 0 Å². The van der Waals surface area contributed by atoms with E-state index in [2.05, 4.69) is 31.8 Å². The summed E-state index contributed by atoms with van der Waals surface area (Å²) in [4.78, 5) is 25.5. The van der Waals surface area contributed by atoms with Crippen LogP contribution in [-0.2, 0) is 4.84 Å². The molecule has 2 N–H and O–H groups in total. The highest BCUT2D eigenvalue weighted by molar-refractivity contribution is 6.03. The van der Waals surface area contributed by atoms with Gasteiger partial charge in [-0.05, 0) is 36.6 Å². The zero-order chi connectivity index (χ0) is 18.8. The van der Waals surface area contributed by atoms with Crippen LogP contribution in [0.1, 0.15) is 18.5 Å². The van der Waals surface area contributed by atoms with Crippen LogP contribution in [0.15, 0.2) is 48.0 Å². The number of fused-ring (bicyclic) bond motifs is 1. The highest BCUT2D eigenvalue weighted by Gasteiger charge is 2.31. The molecule has 27 heavy (non-hydrogen) atoms. The van der Waals surface area contributed by atoms with Gasteiger partial charge in [0, 0.05) is 30.9 Å². The average molecular weight is 364 g/mol. The standard InChI is InChI=1S/C19H20N6O2/c1-20-19(26)23-16-11-25-15(18(24-27-2)12-5-6-12)8-14(9-17(25)22-16)13-4-3-7-21-10-13/h3-4,7-12H,5-6H2,1-2H3,(H2,20,23,26). The molecule has 1 fully saturated rings. The summed E-state index contributed by atoms with van der Waals surface area (Å²) in [6.45, 7) is 0. The minimum atomic E-state index is -0.319. The molecule has 4 rings (SSSR count). The molecule has 3 aromatic rings. The molecule has 1 saturated carbocycles. The molecule has 0 saturated heterocycles. The molecule has 138 valence electrons. The molecular weight excluding hydrogens is 344 g/mol. The van der Waals surface area contributed by atoms with Crippen molar-refractivity contribution in [1.29, 1.82) is 0 Å². The molecule has 8 heteroatoms. The van der Waals surface area contributed by atoms with E-state index in [1.807, 2.05) is 28.8 Å². The number of aromatic nitrogens is 3. The predicted molar refractivity (Wildman–Crippen MR) is 103 cm³/mol. The lowest BCUT2D eigenvalue weighted by Gasteiger charge is -2.11. The summed E-state index contributed by atoms with van der Waals surface area (Å²) >= 11 is 0. The second-order valence-electron chi connectivity index (χ2n) is 6.36. The molecule has 1 aliphatic carbocycles. The lowest BCUT2D eigenvalue weighted by atomic mass is 10.0. The van der Waals surface area contributed by atoms with Crippen LogP contribution in [-0.4, -0.2) is 40.3 Å². The number of carbonyl (C=O) groups excluding carboxylic acids is 1. The first kappa shape index (κ1) is 17.0. The largest absolute Gasteiger partial charge is 0.399 e. The number of rotatable bonds is 5. The van der Waals surface area contributed by atoms with Crippen LogP contribution >= 0.6 is 0 Å². The SMILES string of the molecule is CNC(=O)Nc1cn2c(C(=NOC)C3CC3)cc(-c3cccnc3)cc2n1. The van der Waals surface area contributed by atoms with Gasteiger partial charge in [0.25, 0.3) is 0 Å². The number of hydrogen-bond acceptors (Lipinski definition) is 5. The van der Waals surface area contributed by atoms with E-state index in [1.54, 1.807) is 26.6 Å². The van der Waals surface area contributed by atoms with Crippen LogP contribution in [0.5, 0.6) is 0 Å². The predicted octanol–water partition coefficient (Wildman–Crippen LogP) is 2.91. The summed E-state index contributed by atoms with van der Waals surface area (Å²) in [7, 11) is 3.12. The van der Waals surface area contributed by atoms with Crippen LogP contribution in [0, 0.1) is 5.92 Å². The quantitative estimate of drug-likeness (QED) is 0.538. The van der Waals surface area contributed by atoms with Gasteiger partial charge in [-0.15, -0.1) is 0 Å². The van der Waals surface area contributed by atoms with Gasteiger partial charge in [-0.1, -0.05) is 11.2 Å². The number of nitrogens with one attached hydrogen (secondary N) is 2. The van der Waals surface area contributed by atoms with Crippen LogP contribution < -0.4 is 10.6 Å². The number of pyridine rings is 2. The number of anilines is 1. The van der Waals surface area contributed by atoms with Crippen molar-refractivity contribution < 1.29 is 9.63 Å². The Labute approximate surface area is 156 Å². The van der Waals surface area contributed by atoms with E-state index in [9.17, 15) is 4.79 Å². The molecule has 0 bridgehead atoms. The topological polar surface area (TPSA) is 92.9 Å². The van der Waals surface area contributed by atoms with Gasteiger partial charge in [-0.25, -0.2) is 9.78 Å². The number of oxime groups is 1. The molecule has 8 nitrogen and oxygen atoms in total. The highest BCUT2D eigenvalue weighted by Crippen LogP contribution is 2.35. The van der Waals surface area contributed by atoms with Crippen molar-refractivity contribution in [2.45, 2.75) is 12.8 Å². The Bertz CT molecular complexity index is 1010. The second kappa shape index (κ2) is 7.06. The smallest absolute Gasteiger partial charge is 0.320 e. The van der Waals surface area contributed by atoms with Gasteiger partial charge < -0.3 is 10.2 Å². The van der Waals surface area contributed by atoms with E-state index in [0.29, 0.717) is 17.4 Å². The van der Waals surface area contributed by atoms with Gasteiger partial charge in [-0.3, -0.25) is 14.7 Å². The number of imidazole rings is 1. The molecule has 0 spiro atoms. The number of hydrogen-bond donors (Lipinski definition) is 2. The normalized spacial score (nSPS) is 14.2. The lowest BCUT2D eigenvalue weighted by molar-refractivity contribution is 0.212. The molecule has 2 amide bonds. The molecular formula is C19H20N6O2. The van der Waals surface area contributed by atoms with Gasteiger partial charge in [0.1, 0.15) is 18.5 Å². The fraction of sp³-hybridized carbons (Fsp3) is 0.263. The fourth-order valence-electron chi connectivity index (χ4n) is 3.01. The minimum absolute atomic E-state index is 0.319. The average Bonchev–Trinajstić information content (AvgIpc) is 3.45. The van der Waals surface area contributed by atoms with Gasteiger partial charge in [0.05, 0.1) is 11.9 Å². The van der Waals surface area contributed by atoms with Crippen molar-refractivity contribution in [2.75, 3.05) is 19.5 Å². The zero-order valence-electron chi connectivity index (χ0n) is 15.1. The van der Waals surface area contributed by atoms with E-state index < -0.39 is 0 Å². The maximum absolute atomic E-state index is 11.7. The third-order valence-corrected chi connectivity index (χ3v) is 4.45. The van der Waals surface area contributed by atoms with Crippen LogP contribution in [0.25, 0.3) is 16.8 Å². The Hall–Kier alpha value is -3.42. The Morgan fingerprint density at radius 3 is 2.85 bits per heavy atom. The maximum Gasteiger partial charge on any atom is 0.320 e. The molecule has 1 aliphatic rings. The number of nitrogens with zero attached hydrogens (tertiary/aromatic N) is 4. The van der Waals surface area contributed by atoms with Crippen LogP contribution in [0.4, 0.5) is 10.6 Å². The van der Waals surface area contributed by atoms with E-state index in [1.165, 1.54) is 0 Å². The van der Waals surface area contributed by atoms with E-state index >= 15 is 0 Å². The van der Waals surface area contributed by atoms with E-state index in [4.69, 9.17) is 4.84 Å². The molecule has 0 radical (unpaired) electrons. The van der Waals surface area contributed by atoms with Crippen molar-refractivity contribution in [1.82, 2.24) is 19.7 Å². The molecule has 0 aliphatic heterocycles. The first-order valence-corrected chi connectivity index (χ1v) is 8.73. The fourth-order valence-corrected chi connectivity index (χ4v) is 3.01. The first-order chi connectivity index (χ1) is 13.2. The maximum atomic E-state index is 11.7. The Morgan fingerprint density at radius 1 is 1.33 bits per heavy atom. The van der Waals surface area contributed by atoms with Gasteiger partial charge in [0.15, 0.2) is 5.82 Å². The van der Waals surface area contributed by atoms with Gasteiger partial charge >= 0.3 is 6.03 Å². The highest BCUT2D eigenvalue weighted by atomic mass is 16.6. The summed E-state index contributed by atoms with van der Waals surface area (Å²) < 4.78 is 1.93. The summed E-state index contributed by atoms with van der Waals surface area (Å²) in [5.41, 5.74) is 4.46. The van der Waals surface area contributed by atoms with Gasteiger partial charge in [-0.2, -0.15) is 0 Å². The van der Waals surface area contributed by atoms with Crippen molar-refractivity contribution in [3.8, 4) is 11.1 Å². The Balaban J connectivity index is 1.89. The van der Waals surface area contributed by atoms with E-state index in [-0.39, 0.29) is 6.03 Å². The van der Waals surface area contributed by atoms with Crippen molar-refractivity contribution in [3.63, 3.8) is 0 Å². The van der Waals surface area contributed by atoms with E-state index in [0.717, 1.165) is 35.4 Å². The van der Waals surface area contributed by atoms with Crippen molar-refractivity contribution in [2.24, 2.45) is 11.1 Å². The summed E-state index contributed by atoms with van der Waals surface area (Å²) in [6, 6.07) is 7.60. The summed E-state index contributed by atoms with van der Waals surface area (Å²) in [5.74, 6) is 0.835. The van der Waals surface area contributed by atoms with Crippen molar-refractivity contribution >= 4 is 23.2 Å². The third-order valence-electron chi connectivity index (χ3n) is 4.45. The Kier molecular flexibility index (Phi) is 4.45. The Morgan fingerprint density at radius 2 is 2.19 bits per heavy atom. The second-order valence-corrected chi connectivity index (χ2v) is 6.36. The summed E-state index contributed by atoms with van der Waals surface area (Å²) in [6.07, 6.45) is 7.51. The molecule has 3 heterocycles. The first-order valence-electron chi connectivity index (χ1n) is 8.73. The molecule has 0 aromatic carbocycles. The van der Waals surface area contributed by atoms with Crippen LogP contribution in [0.2, 0.25) is 0 Å². The number of carbonyl (C=O) groups is 1. The molecule has 0 unspecified atom stereocenters. The summed E-state index contributed by atoms with van der Waals surface area (Å²) in [5, 5.41) is 9.53. The molecule has 0 atom stereocenters. The van der Waals surface area contributed by atoms with Crippen molar-refractivity contribution in [3.05, 3.63) is 48.5 Å². The zero-order valence-corrected chi connectivity index (χ0v) is 15.1. The molecule has 3 aromatic heterocycles. The third kappa shape index (κ3) is 3.46.